The number of esters is 2. The molecular weight excluding hydrogens is 419 g/mol. The molecule has 1 atom stereocenters. The Morgan fingerprint density at radius 1 is 0.774 bits per heavy atom. The fourth-order valence-electron chi connectivity index (χ4n) is 2.02. The first-order valence-electron chi connectivity index (χ1n) is 9.75. The Morgan fingerprint density at radius 3 is 1.81 bits per heavy atom. The van der Waals surface area contributed by atoms with E-state index in [0.29, 0.717) is 11.5 Å². The maximum Gasteiger partial charge on any atom is 0.556 e. The van der Waals surface area contributed by atoms with Gasteiger partial charge in [0.15, 0.2) is 0 Å². The third-order valence-corrected chi connectivity index (χ3v) is 4.88. The van der Waals surface area contributed by atoms with Crippen LogP contribution in [0.1, 0.15) is 41.5 Å². The van der Waals surface area contributed by atoms with Gasteiger partial charge in [0, 0.05) is 6.07 Å². The molecule has 0 heterocycles. The summed E-state index contributed by atoms with van der Waals surface area (Å²) in [4.78, 5) is 24.5. The quantitative estimate of drug-likeness (QED) is 0.322. The lowest BCUT2D eigenvalue weighted by Crippen LogP contribution is -2.35. The lowest BCUT2D eigenvalue weighted by Gasteiger charge is -2.22. The van der Waals surface area contributed by atoms with Crippen LogP contribution < -0.4 is 10.0 Å². The highest BCUT2D eigenvalue weighted by molar-refractivity contribution is 7.48. The van der Waals surface area contributed by atoms with Crippen molar-refractivity contribution in [3.05, 3.63) is 54.6 Å². The SMILES string of the molecule is CC(C)(C)C(=O)OC(OC(=O)C(C)(C)C)O[P+](=O)c1cccc(Oc2ccccc2)c1. The van der Waals surface area contributed by atoms with Gasteiger partial charge >= 0.3 is 26.4 Å². The van der Waals surface area contributed by atoms with Gasteiger partial charge in [-0.3, -0.25) is 9.59 Å². The van der Waals surface area contributed by atoms with Gasteiger partial charge in [-0.05, 0) is 70.4 Å². The van der Waals surface area contributed by atoms with Gasteiger partial charge in [0.2, 0.25) is 5.30 Å². The van der Waals surface area contributed by atoms with E-state index in [1.54, 1.807) is 77.9 Å². The molecule has 0 fully saturated rings. The first-order chi connectivity index (χ1) is 14.4. The van der Waals surface area contributed by atoms with Crippen molar-refractivity contribution in [3.8, 4) is 11.5 Å². The van der Waals surface area contributed by atoms with Gasteiger partial charge in [-0.1, -0.05) is 28.8 Å². The molecule has 0 saturated heterocycles. The fraction of sp³-hybridized carbons (Fsp3) is 0.391. The lowest BCUT2D eigenvalue weighted by atomic mass is 9.97. The molecule has 0 spiro atoms. The van der Waals surface area contributed by atoms with Gasteiger partial charge < -0.3 is 14.2 Å². The van der Waals surface area contributed by atoms with Crippen molar-refractivity contribution >= 4 is 25.3 Å². The normalized spacial score (nSPS) is 12.3. The third kappa shape index (κ3) is 7.78. The van der Waals surface area contributed by atoms with Crippen LogP contribution in [0.4, 0.5) is 0 Å². The minimum Gasteiger partial charge on any atom is -0.457 e. The maximum absolute atomic E-state index is 12.8. The summed E-state index contributed by atoms with van der Waals surface area (Å²) < 4.78 is 34.2. The minimum absolute atomic E-state index is 0.284. The number of benzene rings is 2. The first-order valence-corrected chi connectivity index (χ1v) is 10.9. The van der Waals surface area contributed by atoms with E-state index in [4.69, 9.17) is 18.7 Å². The van der Waals surface area contributed by atoms with E-state index in [1.807, 2.05) is 18.2 Å². The van der Waals surface area contributed by atoms with Crippen LogP contribution >= 0.6 is 8.03 Å². The zero-order valence-corrected chi connectivity index (χ0v) is 19.5. The summed E-state index contributed by atoms with van der Waals surface area (Å²) in [5.74, 6) is -0.259. The summed E-state index contributed by atoms with van der Waals surface area (Å²) in [6.07, 6.45) is 0. The number of carbonyl (C=O) groups excluding carboxylic acids is 2. The van der Waals surface area contributed by atoms with Gasteiger partial charge in [-0.15, -0.1) is 0 Å². The van der Waals surface area contributed by atoms with Gasteiger partial charge in [0.25, 0.3) is 0 Å². The van der Waals surface area contributed by atoms with E-state index in [1.165, 1.54) is 0 Å². The standard InChI is InChI=1S/C23H28O7P/c1-22(2,3)19(24)28-21(29-20(25)23(4,5)6)30-31(26)18-14-10-13-17(15-18)27-16-11-8-7-9-12-16/h7-15,21H,1-6H3/q+1. The smallest absolute Gasteiger partial charge is 0.457 e. The van der Waals surface area contributed by atoms with Crippen LogP contribution in [0.3, 0.4) is 0 Å². The van der Waals surface area contributed by atoms with E-state index >= 15 is 0 Å². The predicted molar refractivity (Wildman–Crippen MR) is 116 cm³/mol. The number of ether oxygens (including phenoxy) is 3. The second-order valence-corrected chi connectivity index (χ2v) is 10.1. The molecule has 31 heavy (non-hydrogen) atoms. The van der Waals surface area contributed by atoms with Gasteiger partial charge in [0.05, 0.1) is 10.8 Å². The molecule has 7 nitrogen and oxygen atoms in total. The highest BCUT2D eigenvalue weighted by Gasteiger charge is 2.38. The number of hydrogen-bond donors (Lipinski definition) is 0. The molecule has 0 aromatic heterocycles. The summed E-state index contributed by atoms with van der Waals surface area (Å²) in [7, 11) is -2.52. The number of hydrogen-bond acceptors (Lipinski definition) is 7. The van der Waals surface area contributed by atoms with Crippen LogP contribution in [-0.4, -0.2) is 18.4 Å². The van der Waals surface area contributed by atoms with Crippen LogP contribution in [0.25, 0.3) is 0 Å². The van der Waals surface area contributed by atoms with Crippen LogP contribution in [0.2, 0.25) is 0 Å². The Labute approximate surface area is 183 Å². The van der Waals surface area contributed by atoms with Crippen molar-refractivity contribution in [2.24, 2.45) is 10.8 Å². The number of para-hydroxylation sites is 1. The molecule has 0 saturated carbocycles. The van der Waals surface area contributed by atoms with Gasteiger partial charge in [-0.2, -0.15) is 0 Å². The highest BCUT2D eigenvalue weighted by atomic mass is 31.1. The molecule has 0 N–H and O–H groups in total. The molecule has 8 heteroatoms. The Morgan fingerprint density at radius 2 is 1.29 bits per heavy atom. The molecular formula is C23H28O7P+. The van der Waals surface area contributed by atoms with Crippen molar-refractivity contribution in [1.82, 2.24) is 0 Å². The predicted octanol–water partition coefficient (Wildman–Crippen LogP) is 5.33. The summed E-state index contributed by atoms with van der Waals surface area (Å²) in [5.41, 5.74) is -1.74. The van der Waals surface area contributed by atoms with E-state index in [-0.39, 0.29) is 5.30 Å². The monoisotopic (exact) mass is 447 g/mol. The van der Waals surface area contributed by atoms with Crippen molar-refractivity contribution in [2.75, 3.05) is 0 Å². The molecule has 1 unspecified atom stereocenters. The molecule has 2 aromatic carbocycles. The second kappa shape index (κ2) is 10.0. The maximum atomic E-state index is 12.8. The molecule has 0 aliphatic rings. The topological polar surface area (TPSA) is 88.1 Å². The fourth-order valence-corrected chi connectivity index (χ4v) is 2.82. The van der Waals surface area contributed by atoms with E-state index < -0.39 is 37.3 Å². The van der Waals surface area contributed by atoms with E-state index in [9.17, 15) is 14.2 Å². The van der Waals surface area contributed by atoms with Crippen molar-refractivity contribution in [1.29, 1.82) is 0 Å². The van der Waals surface area contributed by atoms with Crippen LogP contribution in [-0.2, 0) is 28.2 Å². The third-order valence-electron chi connectivity index (χ3n) is 3.82. The average Bonchev–Trinajstić information content (AvgIpc) is 2.67. The zero-order valence-electron chi connectivity index (χ0n) is 18.6. The van der Waals surface area contributed by atoms with Crippen LogP contribution in [0.15, 0.2) is 54.6 Å². The number of rotatable bonds is 7. The minimum atomic E-state index is -2.52. The van der Waals surface area contributed by atoms with E-state index in [2.05, 4.69) is 0 Å². The molecule has 0 radical (unpaired) electrons. The van der Waals surface area contributed by atoms with Crippen molar-refractivity contribution in [2.45, 2.75) is 48.0 Å². The zero-order chi connectivity index (χ0) is 23.2. The van der Waals surface area contributed by atoms with Crippen LogP contribution in [0.5, 0.6) is 11.5 Å². The van der Waals surface area contributed by atoms with Crippen LogP contribution in [0, 0.1) is 10.8 Å². The molecule has 2 rings (SSSR count). The summed E-state index contributed by atoms with van der Waals surface area (Å²) in [6.45, 7) is 8.10. The Kier molecular flexibility index (Phi) is 7.93. The van der Waals surface area contributed by atoms with Gasteiger partial charge in [0.1, 0.15) is 11.5 Å². The molecule has 2 aromatic rings. The second-order valence-electron chi connectivity index (χ2n) is 8.87. The highest BCUT2D eigenvalue weighted by Crippen LogP contribution is 2.30. The average molecular weight is 447 g/mol. The molecule has 0 bridgehead atoms. The summed E-state index contributed by atoms with van der Waals surface area (Å²) >= 11 is 0. The van der Waals surface area contributed by atoms with Crippen molar-refractivity contribution < 1.29 is 32.9 Å². The first kappa shape index (κ1) is 24.5. The summed E-state index contributed by atoms with van der Waals surface area (Å²) in [6, 6.07) is 15.6. The molecule has 0 aliphatic heterocycles. The van der Waals surface area contributed by atoms with E-state index in [0.717, 1.165) is 0 Å². The van der Waals surface area contributed by atoms with Crippen molar-refractivity contribution in [3.63, 3.8) is 0 Å². The van der Waals surface area contributed by atoms with Gasteiger partial charge in [-0.25, -0.2) is 0 Å². The summed E-state index contributed by atoms with van der Waals surface area (Å²) in [5, 5.41) is 0.284. The lowest BCUT2D eigenvalue weighted by molar-refractivity contribution is -0.243. The number of carbonyl (C=O) groups is 2. The molecule has 166 valence electrons. The molecule has 0 aliphatic carbocycles. The molecule has 0 amide bonds. The Balaban J connectivity index is 2.17. The largest absolute Gasteiger partial charge is 0.556 e. The Hall–Kier alpha value is -2.76. The Bertz CT molecular complexity index is 899.